The third-order valence-corrected chi connectivity index (χ3v) is 5.43. The monoisotopic (exact) mass is 462 g/mol. The summed E-state index contributed by atoms with van der Waals surface area (Å²) in [5, 5.41) is 60.2. The molecule has 0 spiro atoms. The molecule has 0 radical (unpaired) electrons. The molecule has 1 aromatic heterocycles. The molecule has 5 atom stereocenters. The van der Waals surface area contributed by atoms with Gasteiger partial charge >= 0.3 is 0 Å². The minimum absolute atomic E-state index is 0.0767. The summed E-state index contributed by atoms with van der Waals surface area (Å²) in [6.07, 6.45) is -6.69. The van der Waals surface area contributed by atoms with E-state index in [0.717, 1.165) is 6.07 Å². The number of fused-ring (bicyclic) bond motifs is 1. The van der Waals surface area contributed by atoms with Crippen molar-refractivity contribution in [2.45, 2.75) is 37.6 Å². The second-order valence-electron chi connectivity index (χ2n) is 7.61. The maximum atomic E-state index is 12.7. The Balaban J connectivity index is 1.78. The van der Waals surface area contributed by atoms with Crippen molar-refractivity contribution in [1.29, 1.82) is 0 Å². The molecule has 0 saturated carbocycles. The molecular weight excluding hydrogens is 440 g/mol. The van der Waals surface area contributed by atoms with E-state index in [9.17, 15) is 35.4 Å². The van der Waals surface area contributed by atoms with Crippen LogP contribution >= 0.6 is 0 Å². The lowest BCUT2D eigenvalue weighted by Gasteiger charge is -2.38. The van der Waals surface area contributed by atoms with Crippen molar-refractivity contribution in [2.24, 2.45) is 0 Å². The largest absolute Gasteiger partial charge is 0.507 e. The van der Waals surface area contributed by atoms with Gasteiger partial charge in [-0.15, -0.1) is 0 Å². The molecule has 0 amide bonds. The minimum atomic E-state index is -1.60. The average Bonchev–Trinajstić information content (AvgIpc) is 2.78. The van der Waals surface area contributed by atoms with Crippen molar-refractivity contribution in [3.63, 3.8) is 0 Å². The summed E-state index contributed by atoms with van der Waals surface area (Å²) in [4.78, 5) is 12.7. The maximum Gasteiger partial charge on any atom is 0.238 e. The summed E-state index contributed by atoms with van der Waals surface area (Å²) >= 11 is 0. The number of benzene rings is 2. The first-order chi connectivity index (χ1) is 15.6. The third-order valence-electron chi connectivity index (χ3n) is 5.43. The molecule has 1 aliphatic heterocycles. The van der Waals surface area contributed by atoms with Gasteiger partial charge in [0.2, 0.25) is 17.5 Å². The van der Waals surface area contributed by atoms with Crippen molar-refractivity contribution < 1.29 is 49.3 Å². The Morgan fingerprint density at radius 1 is 0.939 bits per heavy atom. The normalized spacial score (nSPS) is 25.2. The van der Waals surface area contributed by atoms with Gasteiger partial charge in [0, 0.05) is 17.7 Å². The Morgan fingerprint density at radius 3 is 2.36 bits per heavy atom. The third kappa shape index (κ3) is 3.91. The van der Waals surface area contributed by atoms with Crippen molar-refractivity contribution in [3.05, 3.63) is 40.6 Å². The first kappa shape index (κ1) is 22.7. The smallest absolute Gasteiger partial charge is 0.238 e. The molecule has 3 aromatic rings. The van der Waals surface area contributed by atoms with Crippen LogP contribution in [0.4, 0.5) is 0 Å². The Labute approximate surface area is 186 Å². The first-order valence-corrected chi connectivity index (χ1v) is 9.88. The molecule has 0 aliphatic carbocycles. The lowest BCUT2D eigenvalue weighted by molar-refractivity contribution is -0.268. The number of phenols is 2. The quantitative estimate of drug-likeness (QED) is 0.323. The van der Waals surface area contributed by atoms with E-state index in [2.05, 4.69) is 0 Å². The predicted molar refractivity (Wildman–Crippen MR) is 112 cm³/mol. The van der Waals surface area contributed by atoms with Crippen molar-refractivity contribution >= 4 is 11.0 Å². The zero-order valence-electron chi connectivity index (χ0n) is 17.5. The van der Waals surface area contributed by atoms with E-state index in [4.69, 9.17) is 18.6 Å². The van der Waals surface area contributed by atoms with Gasteiger partial charge in [-0.3, -0.25) is 4.79 Å². The average molecular weight is 462 g/mol. The summed E-state index contributed by atoms with van der Waals surface area (Å²) in [5.41, 5.74) is -0.860. The van der Waals surface area contributed by atoms with Crippen LogP contribution < -0.4 is 14.9 Å². The number of ether oxygens (including phenoxy) is 3. The molecule has 0 unspecified atom stereocenters. The highest BCUT2D eigenvalue weighted by atomic mass is 16.7. The van der Waals surface area contributed by atoms with E-state index in [1.54, 1.807) is 0 Å². The highest BCUT2D eigenvalue weighted by Crippen LogP contribution is 2.38. The van der Waals surface area contributed by atoms with Gasteiger partial charge in [0.1, 0.15) is 40.8 Å². The van der Waals surface area contributed by atoms with Gasteiger partial charge in [0.15, 0.2) is 17.3 Å². The summed E-state index contributed by atoms with van der Waals surface area (Å²) in [7, 11) is 1.33. The molecule has 1 fully saturated rings. The Bertz CT molecular complexity index is 1250. The van der Waals surface area contributed by atoms with Crippen LogP contribution in [0, 0.1) is 0 Å². The first-order valence-electron chi connectivity index (χ1n) is 9.88. The van der Waals surface area contributed by atoms with Crippen LogP contribution in [-0.2, 0) is 4.74 Å². The van der Waals surface area contributed by atoms with Crippen LogP contribution in [0.2, 0.25) is 0 Å². The van der Waals surface area contributed by atoms with E-state index >= 15 is 0 Å². The Hall–Kier alpha value is -3.51. The fourth-order valence-corrected chi connectivity index (χ4v) is 3.59. The SMILES string of the molecule is COc1cc(-c2oc3cc(O[C@@H]4O[C@@H](C)[C@H](O)[C@H](O)[C@H]4O)cc(O)c3c(=O)c2O)ccc1O. The summed E-state index contributed by atoms with van der Waals surface area (Å²) in [5.74, 6) is -1.75. The number of aliphatic hydroxyl groups excluding tert-OH is 3. The molecular formula is C22H22O11. The summed E-state index contributed by atoms with van der Waals surface area (Å²) < 4.78 is 21.6. The molecule has 11 nitrogen and oxygen atoms in total. The van der Waals surface area contributed by atoms with Gasteiger partial charge in [0.25, 0.3) is 0 Å². The number of methoxy groups -OCH3 is 1. The summed E-state index contributed by atoms with van der Waals surface area (Å²) in [6, 6.07) is 6.31. The van der Waals surface area contributed by atoms with Gasteiger partial charge < -0.3 is 49.3 Å². The van der Waals surface area contributed by atoms with E-state index in [0.29, 0.717) is 0 Å². The maximum absolute atomic E-state index is 12.7. The van der Waals surface area contributed by atoms with Crippen LogP contribution in [0.15, 0.2) is 39.5 Å². The number of phenolic OH excluding ortho intramolecular Hbond substituents is 2. The van der Waals surface area contributed by atoms with Gasteiger partial charge in [-0.2, -0.15) is 0 Å². The fraction of sp³-hybridized carbons (Fsp3) is 0.318. The van der Waals surface area contributed by atoms with E-state index in [1.165, 1.54) is 38.3 Å². The second kappa shape index (κ2) is 8.45. The molecule has 6 N–H and O–H groups in total. The highest BCUT2D eigenvalue weighted by Gasteiger charge is 2.43. The van der Waals surface area contributed by atoms with Crippen LogP contribution in [-0.4, -0.2) is 68.5 Å². The Kier molecular flexibility index (Phi) is 5.80. The van der Waals surface area contributed by atoms with Crippen LogP contribution in [0.3, 0.4) is 0 Å². The Morgan fingerprint density at radius 2 is 1.67 bits per heavy atom. The topological polar surface area (TPSA) is 179 Å². The van der Waals surface area contributed by atoms with Crippen LogP contribution in [0.5, 0.6) is 28.7 Å². The van der Waals surface area contributed by atoms with Gasteiger partial charge in [-0.1, -0.05) is 0 Å². The molecule has 11 heteroatoms. The van der Waals surface area contributed by atoms with E-state index < -0.39 is 47.6 Å². The molecule has 33 heavy (non-hydrogen) atoms. The van der Waals surface area contributed by atoms with Crippen LogP contribution in [0.1, 0.15) is 6.92 Å². The number of rotatable bonds is 4. The number of hydrogen-bond donors (Lipinski definition) is 6. The zero-order valence-corrected chi connectivity index (χ0v) is 17.5. The fourth-order valence-electron chi connectivity index (χ4n) is 3.59. The minimum Gasteiger partial charge on any atom is -0.507 e. The van der Waals surface area contributed by atoms with E-state index in [1.807, 2.05) is 0 Å². The van der Waals surface area contributed by atoms with Gasteiger partial charge in [-0.25, -0.2) is 0 Å². The van der Waals surface area contributed by atoms with Crippen molar-refractivity contribution in [1.82, 2.24) is 0 Å². The lowest BCUT2D eigenvalue weighted by atomic mass is 10.00. The molecule has 176 valence electrons. The number of hydrogen-bond acceptors (Lipinski definition) is 11. The number of aromatic hydroxyl groups is 3. The second-order valence-corrected chi connectivity index (χ2v) is 7.61. The van der Waals surface area contributed by atoms with Gasteiger partial charge in [-0.05, 0) is 25.1 Å². The number of aliphatic hydroxyl groups is 3. The van der Waals surface area contributed by atoms with Crippen molar-refractivity contribution in [2.75, 3.05) is 7.11 Å². The highest BCUT2D eigenvalue weighted by molar-refractivity contribution is 5.88. The zero-order chi connectivity index (χ0) is 24.0. The summed E-state index contributed by atoms with van der Waals surface area (Å²) in [6.45, 7) is 1.48. The van der Waals surface area contributed by atoms with Crippen LogP contribution in [0.25, 0.3) is 22.3 Å². The standard InChI is InChI=1S/C22H22O11/c1-8-16(25)18(27)20(29)22(31-8)32-10-6-12(24)15-14(7-10)33-21(19(28)17(15)26)9-3-4-11(23)13(5-9)30-2/h3-8,16,18,20,22-25,27-29H,1-2H3/t8-,16-,18-,20+,22-/m0/s1. The molecule has 0 bridgehead atoms. The molecule has 2 aromatic carbocycles. The molecule has 1 aliphatic rings. The lowest BCUT2D eigenvalue weighted by Crippen LogP contribution is -2.58. The molecule has 2 heterocycles. The van der Waals surface area contributed by atoms with Crippen molar-refractivity contribution in [3.8, 4) is 40.1 Å². The molecule has 4 rings (SSSR count). The molecule has 1 saturated heterocycles. The van der Waals surface area contributed by atoms with Gasteiger partial charge in [0.05, 0.1) is 13.2 Å². The predicted octanol–water partition coefficient (Wildman–Crippen LogP) is 0.792. The van der Waals surface area contributed by atoms with E-state index in [-0.39, 0.29) is 39.5 Å².